The van der Waals surface area contributed by atoms with E-state index in [1.54, 1.807) is 7.11 Å². The van der Waals surface area contributed by atoms with Gasteiger partial charge in [-0.2, -0.15) is 0 Å². The molecule has 176 valence electrons. The van der Waals surface area contributed by atoms with Crippen LogP contribution in [0.25, 0.3) is 5.69 Å². The van der Waals surface area contributed by atoms with Crippen molar-refractivity contribution in [2.75, 3.05) is 12.4 Å². The Kier molecular flexibility index (Phi) is 5.53. The number of aromatic nitrogens is 1. The van der Waals surface area contributed by atoms with Crippen molar-refractivity contribution in [1.82, 2.24) is 9.47 Å². The molecule has 0 fully saturated rings. The Morgan fingerprint density at radius 2 is 1.69 bits per heavy atom. The van der Waals surface area contributed by atoms with E-state index in [0.717, 1.165) is 46.8 Å². The quantitative estimate of drug-likeness (QED) is 0.377. The van der Waals surface area contributed by atoms with Crippen molar-refractivity contribution in [2.45, 2.75) is 38.3 Å². The van der Waals surface area contributed by atoms with Crippen molar-refractivity contribution in [3.8, 4) is 11.4 Å². The number of fused-ring (bicyclic) bond motifs is 4. The zero-order valence-corrected chi connectivity index (χ0v) is 19.9. The maximum Gasteiger partial charge on any atom is 0.322 e. The minimum atomic E-state index is -0.247. The lowest BCUT2D eigenvalue weighted by atomic mass is 9.90. The molecule has 2 amide bonds. The number of methoxy groups -OCH3 is 1. The lowest BCUT2D eigenvalue weighted by Gasteiger charge is -2.31. The minimum absolute atomic E-state index is 0.0887. The average molecular weight is 464 g/mol. The Balaban J connectivity index is 1.44. The fourth-order valence-electron chi connectivity index (χ4n) is 5.56. The number of nitrogens with zero attached hydrogens (tertiary/aromatic N) is 2. The van der Waals surface area contributed by atoms with Crippen LogP contribution in [0.1, 0.15) is 46.8 Å². The maximum absolute atomic E-state index is 14.0. The average Bonchev–Trinajstić information content (AvgIpc) is 3.33. The SMILES string of the molecule is COc1ccc(C2c3cccn3-c3ccccc3CN2C(=O)Nc2cccc3c2CCCC3)cc1. The molecule has 4 aromatic rings. The van der Waals surface area contributed by atoms with E-state index < -0.39 is 0 Å². The van der Waals surface area contributed by atoms with Crippen LogP contribution in [0.2, 0.25) is 0 Å². The molecule has 1 aliphatic carbocycles. The maximum atomic E-state index is 14.0. The normalized spacial score (nSPS) is 16.5. The van der Waals surface area contributed by atoms with Crippen LogP contribution in [-0.2, 0) is 19.4 Å². The van der Waals surface area contributed by atoms with Crippen molar-refractivity contribution in [1.29, 1.82) is 0 Å². The van der Waals surface area contributed by atoms with Crippen molar-refractivity contribution in [3.05, 3.63) is 113 Å². The van der Waals surface area contributed by atoms with Gasteiger partial charge in [0.2, 0.25) is 0 Å². The molecule has 2 heterocycles. The second-order valence-corrected chi connectivity index (χ2v) is 9.32. The van der Waals surface area contributed by atoms with Crippen molar-refractivity contribution >= 4 is 11.7 Å². The zero-order chi connectivity index (χ0) is 23.8. The number of hydrogen-bond donors (Lipinski definition) is 1. The summed E-state index contributed by atoms with van der Waals surface area (Å²) in [5, 5.41) is 3.30. The van der Waals surface area contributed by atoms with Gasteiger partial charge in [0.05, 0.1) is 25.4 Å². The molecule has 0 spiro atoms. The molecule has 0 radical (unpaired) electrons. The fourth-order valence-corrected chi connectivity index (χ4v) is 5.56. The van der Waals surface area contributed by atoms with E-state index in [-0.39, 0.29) is 12.1 Å². The number of urea groups is 1. The summed E-state index contributed by atoms with van der Waals surface area (Å²) in [4.78, 5) is 16.0. The van der Waals surface area contributed by atoms with Crippen LogP contribution in [0.5, 0.6) is 5.75 Å². The molecule has 1 atom stereocenters. The Morgan fingerprint density at radius 1 is 0.886 bits per heavy atom. The van der Waals surface area contributed by atoms with E-state index in [1.807, 2.05) is 29.2 Å². The molecule has 0 saturated heterocycles. The number of ether oxygens (including phenoxy) is 1. The van der Waals surface area contributed by atoms with Crippen LogP contribution in [0.15, 0.2) is 85.1 Å². The molecule has 3 aromatic carbocycles. The summed E-state index contributed by atoms with van der Waals surface area (Å²) in [5.74, 6) is 0.799. The Bertz CT molecular complexity index is 1370. The largest absolute Gasteiger partial charge is 0.497 e. The highest BCUT2D eigenvalue weighted by molar-refractivity contribution is 5.91. The van der Waals surface area contributed by atoms with Crippen LogP contribution in [0.4, 0.5) is 10.5 Å². The lowest BCUT2D eigenvalue weighted by Crippen LogP contribution is -2.38. The van der Waals surface area contributed by atoms with E-state index in [1.165, 1.54) is 24.0 Å². The topological polar surface area (TPSA) is 46.5 Å². The standard InChI is InChI=1S/C30H29N3O2/c1-35-24-17-15-22(16-18-24)29-28-14-7-19-32(28)27-13-5-3-9-23(27)20-33(29)30(34)31-26-12-6-10-21-8-2-4-11-25(21)26/h3,5-7,9-10,12-19,29H,2,4,8,11,20H2,1H3,(H,31,34). The third-order valence-electron chi connectivity index (χ3n) is 7.29. The fraction of sp³-hybridized carbons (Fsp3) is 0.233. The van der Waals surface area contributed by atoms with Gasteiger partial charge >= 0.3 is 6.03 Å². The molecule has 0 bridgehead atoms. The molecule has 5 nitrogen and oxygen atoms in total. The number of carbonyl (C=O) groups excluding carboxylic acids is 1. The first-order chi connectivity index (χ1) is 17.2. The first-order valence-corrected chi connectivity index (χ1v) is 12.3. The van der Waals surface area contributed by atoms with Crippen molar-refractivity contribution < 1.29 is 9.53 Å². The monoisotopic (exact) mass is 463 g/mol. The molecule has 0 saturated carbocycles. The number of benzene rings is 3. The predicted molar refractivity (Wildman–Crippen MR) is 138 cm³/mol. The van der Waals surface area contributed by atoms with Crippen LogP contribution in [-0.4, -0.2) is 22.6 Å². The molecule has 5 heteroatoms. The van der Waals surface area contributed by atoms with Crippen LogP contribution >= 0.6 is 0 Å². The second-order valence-electron chi connectivity index (χ2n) is 9.32. The third kappa shape index (κ3) is 3.87. The summed E-state index contributed by atoms with van der Waals surface area (Å²) >= 11 is 0. The molecule has 1 aliphatic heterocycles. The van der Waals surface area contributed by atoms with Crippen LogP contribution < -0.4 is 10.1 Å². The highest BCUT2D eigenvalue weighted by atomic mass is 16.5. The predicted octanol–water partition coefficient (Wildman–Crippen LogP) is 6.50. The van der Waals surface area contributed by atoms with Gasteiger partial charge < -0.3 is 19.5 Å². The third-order valence-corrected chi connectivity index (χ3v) is 7.29. The van der Waals surface area contributed by atoms with Gasteiger partial charge in [-0.3, -0.25) is 0 Å². The highest BCUT2D eigenvalue weighted by Gasteiger charge is 2.33. The summed E-state index contributed by atoms with van der Waals surface area (Å²) < 4.78 is 7.60. The number of anilines is 1. The molecular weight excluding hydrogens is 434 g/mol. The molecule has 6 rings (SSSR count). The van der Waals surface area contributed by atoms with Crippen molar-refractivity contribution in [3.63, 3.8) is 0 Å². The molecule has 2 aliphatic rings. The lowest BCUT2D eigenvalue weighted by molar-refractivity contribution is 0.194. The summed E-state index contributed by atoms with van der Waals surface area (Å²) in [5.41, 5.74) is 7.91. The minimum Gasteiger partial charge on any atom is -0.497 e. The smallest absolute Gasteiger partial charge is 0.322 e. The van der Waals surface area contributed by atoms with E-state index >= 15 is 0 Å². The number of carbonyl (C=O) groups is 1. The Labute approximate surface area is 206 Å². The number of para-hydroxylation sites is 1. The summed E-state index contributed by atoms with van der Waals surface area (Å²) in [6.45, 7) is 0.509. The van der Waals surface area contributed by atoms with Gasteiger partial charge in [-0.1, -0.05) is 42.5 Å². The van der Waals surface area contributed by atoms with Crippen LogP contribution in [0.3, 0.4) is 0 Å². The second kappa shape index (κ2) is 8.99. The molecule has 1 N–H and O–H groups in total. The van der Waals surface area contributed by atoms with Gasteiger partial charge in [0.1, 0.15) is 5.75 Å². The first kappa shape index (κ1) is 21.5. The zero-order valence-electron chi connectivity index (χ0n) is 19.9. The Morgan fingerprint density at radius 3 is 2.54 bits per heavy atom. The number of rotatable bonds is 3. The number of hydrogen-bond acceptors (Lipinski definition) is 2. The van der Waals surface area contributed by atoms with E-state index in [2.05, 4.69) is 70.7 Å². The van der Waals surface area contributed by atoms with Gasteiger partial charge in [-0.05, 0) is 84.3 Å². The molecule has 1 aromatic heterocycles. The summed E-state index contributed by atoms with van der Waals surface area (Å²) in [7, 11) is 1.67. The van der Waals surface area contributed by atoms with Gasteiger partial charge in [-0.25, -0.2) is 4.79 Å². The summed E-state index contributed by atoms with van der Waals surface area (Å²) in [6.07, 6.45) is 6.56. The van der Waals surface area contributed by atoms with Gasteiger partial charge in [0.25, 0.3) is 0 Å². The summed E-state index contributed by atoms with van der Waals surface area (Å²) in [6, 6.07) is 26.5. The van der Waals surface area contributed by atoms with E-state index in [4.69, 9.17) is 4.74 Å². The van der Waals surface area contributed by atoms with E-state index in [9.17, 15) is 4.79 Å². The highest BCUT2D eigenvalue weighted by Crippen LogP contribution is 2.38. The first-order valence-electron chi connectivity index (χ1n) is 12.3. The van der Waals surface area contributed by atoms with Crippen LogP contribution in [0, 0.1) is 0 Å². The Hall–Kier alpha value is -3.99. The molecule has 35 heavy (non-hydrogen) atoms. The molecular formula is C30H29N3O2. The number of amides is 2. The van der Waals surface area contributed by atoms with Gasteiger partial charge in [-0.15, -0.1) is 0 Å². The van der Waals surface area contributed by atoms with Gasteiger partial charge in [0.15, 0.2) is 0 Å². The van der Waals surface area contributed by atoms with Crippen molar-refractivity contribution in [2.24, 2.45) is 0 Å². The van der Waals surface area contributed by atoms with Gasteiger partial charge in [0, 0.05) is 17.6 Å². The molecule has 1 unspecified atom stereocenters. The number of aryl methyl sites for hydroxylation is 1. The van der Waals surface area contributed by atoms with E-state index in [0.29, 0.717) is 6.54 Å². The number of nitrogens with one attached hydrogen (secondary N) is 1.